The number of carbonyl (C=O) groups excluding carboxylic acids is 2. The van der Waals surface area contributed by atoms with Crippen LogP contribution in [-0.4, -0.2) is 10.5 Å². The van der Waals surface area contributed by atoms with Crippen molar-refractivity contribution >= 4 is 35.7 Å². The van der Waals surface area contributed by atoms with Crippen molar-refractivity contribution in [1.29, 1.82) is 0 Å². The molecule has 0 aliphatic carbocycles. The summed E-state index contributed by atoms with van der Waals surface area (Å²) < 4.78 is 0. The molecule has 2 amide bonds. The van der Waals surface area contributed by atoms with Crippen molar-refractivity contribution in [1.82, 2.24) is 0 Å². The SMILES string of the molecule is CC.CC.CC.NC(=O)S.NC(=O)S. The van der Waals surface area contributed by atoms with Crippen LogP contribution in [0.3, 0.4) is 0 Å². The summed E-state index contributed by atoms with van der Waals surface area (Å²) in [7, 11) is 0. The lowest BCUT2D eigenvalue weighted by Crippen LogP contribution is -1.95. The van der Waals surface area contributed by atoms with Crippen molar-refractivity contribution in [2.24, 2.45) is 11.5 Å². The van der Waals surface area contributed by atoms with E-state index in [1.165, 1.54) is 0 Å². The Morgan fingerprint density at radius 2 is 0.714 bits per heavy atom. The zero-order chi connectivity index (χ0) is 13.2. The van der Waals surface area contributed by atoms with Gasteiger partial charge in [-0.2, -0.15) is 0 Å². The number of nitrogens with two attached hydrogens (primary N) is 2. The quantitative estimate of drug-likeness (QED) is 0.494. The first-order valence-electron chi connectivity index (χ1n) is 4.43. The molecular weight excluding hydrogens is 220 g/mol. The van der Waals surface area contributed by atoms with Crippen LogP contribution in [0.4, 0.5) is 9.59 Å². The molecule has 0 atom stereocenters. The molecule has 0 spiro atoms. The molecular formula is C8H24N2O2S2. The fourth-order valence-corrected chi connectivity index (χ4v) is 0. The molecule has 0 bridgehead atoms. The van der Waals surface area contributed by atoms with E-state index in [1.54, 1.807) is 0 Å². The summed E-state index contributed by atoms with van der Waals surface area (Å²) in [5.41, 5.74) is 8.67. The Bertz CT molecular complexity index is 81.3. The van der Waals surface area contributed by atoms with Gasteiger partial charge in [-0.15, -0.1) is 0 Å². The molecule has 4 N–H and O–H groups in total. The second-order valence-corrected chi connectivity index (χ2v) is 1.56. The monoisotopic (exact) mass is 244 g/mol. The molecule has 0 aromatic heterocycles. The van der Waals surface area contributed by atoms with Crippen LogP contribution in [0.2, 0.25) is 0 Å². The van der Waals surface area contributed by atoms with E-state index in [0.717, 1.165) is 0 Å². The second kappa shape index (κ2) is 53.8. The number of hydrogen-bond acceptors (Lipinski definition) is 2. The maximum Gasteiger partial charge on any atom is 0.273 e. The first-order valence-corrected chi connectivity index (χ1v) is 5.33. The number of hydrogen-bond donors (Lipinski definition) is 4. The largest absolute Gasteiger partial charge is 0.361 e. The molecule has 0 aromatic rings. The number of primary amides is 2. The van der Waals surface area contributed by atoms with Crippen molar-refractivity contribution in [2.45, 2.75) is 41.5 Å². The molecule has 4 nitrogen and oxygen atoms in total. The van der Waals surface area contributed by atoms with Crippen LogP contribution in [0.25, 0.3) is 0 Å². The predicted molar refractivity (Wildman–Crippen MR) is 71.2 cm³/mol. The first-order chi connectivity index (χ1) is 6.46. The summed E-state index contributed by atoms with van der Waals surface area (Å²) >= 11 is 6.21. The highest BCUT2D eigenvalue weighted by molar-refractivity contribution is 7.96. The standard InChI is InChI=1S/3C2H6.2CH3NOS/c3*1-2;2*2-1(3)4/h3*1-2H3;2*(H3,2,3,4). The third-order valence-electron chi connectivity index (χ3n) is 0. The van der Waals surface area contributed by atoms with Crippen molar-refractivity contribution < 1.29 is 9.59 Å². The number of rotatable bonds is 0. The summed E-state index contributed by atoms with van der Waals surface area (Å²) in [6.07, 6.45) is 0. The van der Waals surface area contributed by atoms with Crippen LogP contribution >= 0.6 is 25.3 Å². The minimum absolute atomic E-state index is 0.639. The minimum Gasteiger partial charge on any atom is -0.361 e. The van der Waals surface area contributed by atoms with Gasteiger partial charge in [-0.05, 0) is 0 Å². The minimum atomic E-state index is -0.639. The molecule has 0 aromatic carbocycles. The van der Waals surface area contributed by atoms with Crippen LogP contribution in [0.5, 0.6) is 0 Å². The highest BCUT2D eigenvalue weighted by Gasteiger charge is 1.63. The molecule has 0 heterocycles. The van der Waals surface area contributed by atoms with E-state index >= 15 is 0 Å². The molecule has 0 radical (unpaired) electrons. The van der Waals surface area contributed by atoms with E-state index in [4.69, 9.17) is 9.59 Å². The Balaban J connectivity index is -0.0000000255. The number of thiol groups is 2. The van der Waals surface area contributed by atoms with Gasteiger partial charge < -0.3 is 11.5 Å². The Morgan fingerprint density at radius 1 is 0.714 bits per heavy atom. The lowest BCUT2D eigenvalue weighted by Gasteiger charge is -1.59. The van der Waals surface area contributed by atoms with Gasteiger partial charge in [-0.3, -0.25) is 9.59 Å². The highest BCUT2D eigenvalue weighted by atomic mass is 32.1. The smallest absolute Gasteiger partial charge is 0.273 e. The maximum atomic E-state index is 9.09. The van der Waals surface area contributed by atoms with Gasteiger partial charge >= 0.3 is 0 Å². The van der Waals surface area contributed by atoms with Crippen molar-refractivity contribution in [3.05, 3.63) is 0 Å². The fraction of sp³-hybridized carbons (Fsp3) is 0.750. The Hall–Kier alpha value is -0.360. The number of carbonyl (C=O) groups is 2. The molecule has 0 aliphatic rings. The van der Waals surface area contributed by atoms with E-state index in [-0.39, 0.29) is 0 Å². The van der Waals surface area contributed by atoms with Crippen molar-refractivity contribution in [3.8, 4) is 0 Å². The molecule has 0 saturated heterocycles. The maximum absolute atomic E-state index is 9.09. The van der Waals surface area contributed by atoms with E-state index in [9.17, 15) is 0 Å². The van der Waals surface area contributed by atoms with Gasteiger partial charge in [0.15, 0.2) is 0 Å². The average Bonchev–Trinajstić information content (AvgIpc) is 2.12. The van der Waals surface area contributed by atoms with Gasteiger partial charge in [0.1, 0.15) is 0 Å². The summed E-state index contributed by atoms with van der Waals surface area (Å²) in [4.78, 5) is 18.2. The summed E-state index contributed by atoms with van der Waals surface area (Å²) in [5, 5.41) is -1.28. The Kier molecular flexibility index (Phi) is 112. The lowest BCUT2D eigenvalue weighted by atomic mass is 11.0. The van der Waals surface area contributed by atoms with E-state index in [1.807, 2.05) is 41.5 Å². The molecule has 0 fully saturated rings. The summed E-state index contributed by atoms with van der Waals surface area (Å²) in [6.45, 7) is 12.0. The zero-order valence-corrected chi connectivity index (χ0v) is 11.7. The van der Waals surface area contributed by atoms with Crippen LogP contribution in [0.1, 0.15) is 41.5 Å². The van der Waals surface area contributed by atoms with Gasteiger partial charge in [0.2, 0.25) is 0 Å². The van der Waals surface area contributed by atoms with Gasteiger partial charge in [0, 0.05) is 0 Å². The normalized spacial score (nSPS) is 4.86. The predicted octanol–water partition coefficient (Wildman–Crippen LogP) is 3.07. The first kappa shape index (κ1) is 29.2. The third kappa shape index (κ3) is 10200. The van der Waals surface area contributed by atoms with Crippen LogP contribution in [0, 0.1) is 0 Å². The molecule has 14 heavy (non-hydrogen) atoms. The van der Waals surface area contributed by atoms with Crippen molar-refractivity contribution in [3.63, 3.8) is 0 Å². The van der Waals surface area contributed by atoms with E-state index in [2.05, 4.69) is 36.7 Å². The Morgan fingerprint density at radius 3 is 0.714 bits per heavy atom. The lowest BCUT2D eigenvalue weighted by molar-refractivity contribution is 0.266. The van der Waals surface area contributed by atoms with E-state index < -0.39 is 10.5 Å². The van der Waals surface area contributed by atoms with Gasteiger partial charge in [-0.25, -0.2) is 0 Å². The molecule has 90 valence electrons. The zero-order valence-electron chi connectivity index (χ0n) is 9.87. The third-order valence-corrected chi connectivity index (χ3v) is 0. The van der Waals surface area contributed by atoms with Crippen LogP contribution in [-0.2, 0) is 0 Å². The molecule has 0 rings (SSSR count). The molecule has 6 heteroatoms. The van der Waals surface area contributed by atoms with Gasteiger partial charge in [-0.1, -0.05) is 66.8 Å². The number of amides is 2. The van der Waals surface area contributed by atoms with E-state index in [0.29, 0.717) is 0 Å². The summed E-state index contributed by atoms with van der Waals surface area (Å²) in [6, 6.07) is 0. The topological polar surface area (TPSA) is 86.2 Å². The molecule has 0 saturated carbocycles. The van der Waals surface area contributed by atoms with Crippen molar-refractivity contribution in [2.75, 3.05) is 0 Å². The second-order valence-electron chi connectivity index (χ2n) is 0.676. The van der Waals surface area contributed by atoms with Gasteiger partial charge in [0.25, 0.3) is 10.5 Å². The molecule has 0 unspecified atom stereocenters. The Labute approximate surface area is 98.6 Å². The highest BCUT2D eigenvalue weighted by Crippen LogP contribution is 1.61. The fourth-order valence-electron chi connectivity index (χ4n) is 0. The van der Waals surface area contributed by atoms with Crippen LogP contribution in [0.15, 0.2) is 0 Å². The summed E-state index contributed by atoms with van der Waals surface area (Å²) in [5.74, 6) is 0. The van der Waals surface area contributed by atoms with Gasteiger partial charge in [0.05, 0.1) is 0 Å². The average molecular weight is 244 g/mol. The molecule has 0 aliphatic heterocycles. The van der Waals surface area contributed by atoms with Crippen LogP contribution < -0.4 is 11.5 Å².